The van der Waals surface area contributed by atoms with Crippen LogP contribution in [-0.4, -0.2) is 0 Å². The van der Waals surface area contributed by atoms with E-state index in [4.69, 9.17) is 0 Å². The van der Waals surface area contributed by atoms with Crippen molar-refractivity contribution in [3.8, 4) is 84.0 Å². The van der Waals surface area contributed by atoms with Gasteiger partial charge in [-0.3, -0.25) is 0 Å². The predicted molar refractivity (Wildman–Crippen MR) is 235 cm³/mol. The highest BCUT2D eigenvalue weighted by Crippen LogP contribution is 2.58. The summed E-state index contributed by atoms with van der Waals surface area (Å²) in [6.07, 6.45) is 0. The minimum absolute atomic E-state index is 0.667. The molecule has 11 rings (SSSR count). The second-order valence-electron chi connectivity index (χ2n) is 14.6. The zero-order valence-electron chi connectivity index (χ0n) is 30.5. The van der Waals surface area contributed by atoms with Crippen molar-refractivity contribution in [2.24, 2.45) is 0 Å². The van der Waals surface area contributed by atoms with Gasteiger partial charge in [0.1, 0.15) is 0 Å². The van der Waals surface area contributed by atoms with Gasteiger partial charge in [0, 0.05) is 0 Å². The monoisotopic (exact) mass is 707 g/mol. The molecule has 10 aromatic carbocycles. The molecule has 0 bridgehead atoms. The van der Waals surface area contributed by atoms with E-state index in [1.807, 2.05) is 18.2 Å². The summed E-state index contributed by atoms with van der Waals surface area (Å²) in [5.74, 6) is 0. The van der Waals surface area contributed by atoms with Gasteiger partial charge in [0.2, 0.25) is 0 Å². The lowest BCUT2D eigenvalue weighted by atomic mass is 9.82. The summed E-state index contributed by atoms with van der Waals surface area (Å²) < 4.78 is 0. The standard InChI is InChI=1S/C55H33N/c56-34-35-13-11-18-40(33-35)43-30-29-41(44-19-7-8-20-45(43)44)36-25-27-37(28-26-36)42-31-32-50-53-46(42)23-12-24-49(53)54-51(38-14-3-1-4-15-38)47-21-9-10-22-48(47)52(55(50)54)39-16-5-2-6-17-39/h1-33H. The lowest BCUT2D eigenvalue weighted by molar-refractivity contribution is 1.48. The van der Waals surface area contributed by atoms with Gasteiger partial charge >= 0.3 is 0 Å². The third kappa shape index (κ3) is 4.87. The minimum Gasteiger partial charge on any atom is -0.192 e. The quantitative estimate of drug-likeness (QED) is 0.175. The molecule has 0 saturated heterocycles. The molecule has 1 aliphatic carbocycles. The van der Waals surface area contributed by atoms with E-state index in [0.29, 0.717) is 5.56 Å². The van der Waals surface area contributed by atoms with Gasteiger partial charge in [0.25, 0.3) is 0 Å². The molecule has 56 heavy (non-hydrogen) atoms. The van der Waals surface area contributed by atoms with Crippen LogP contribution in [0.3, 0.4) is 0 Å². The zero-order valence-corrected chi connectivity index (χ0v) is 30.5. The zero-order chi connectivity index (χ0) is 37.2. The van der Waals surface area contributed by atoms with Gasteiger partial charge in [-0.05, 0) is 122 Å². The molecule has 0 unspecified atom stereocenters. The van der Waals surface area contributed by atoms with E-state index >= 15 is 0 Å². The van der Waals surface area contributed by atoms with E-state index in [1.165, 1.54) is 99.1 Å². The summed E-state index contributed by atoms with van der Waals surface area (Å²) >= 11 is 0. The van der Waals surface area contributed by atoms with Crippen LogP contribution >= 0.6 is 0 Å². The molecule has 10 aromatic rings. The molecule has 0 saturated carbocycles. The number of hydrogen-bond donors (Lipinski definition) is 0. The lowest BCUT2D eigenvalue weighted by Gasteiger charge is -2.20. The van der Waals surface area contributed by atoms with Gasteiger partial charge in [-0.25, -0.2) is 0 Å². The summed E-state index contributed by atoms with van der Waals surface area (Å²) in [4.78, 5) is 0. The highest BCUT2D eigenvalue weighted by atomic mass is 14.3. The van der Waals surface area contributed by atoms with Crippen molar-refractivity contribution in [1.29, 1.82) is 5.26 Å². The van der Waals surface area contributed by atoms with Crippen LogP contribution in [0.4, 0.5) is 0 Å². The van der Waals surface area contributed by atoms with Crippen molar-refractivity contribution < 1.29 is 0 Å². The maximum Gasteiger partial charge on any atom is 0.0991 e. The molecule has 1 heteroatoms. The van der Waals surface area contributed by atoms with Gasteiger partial charge in [-0.2, -0.15) is 5.26 Å². The first-order valence-electron chi connectivity index (χ1n) is 19.2. The van der Waals surface area contributed by atoms with E-state index in [9.17, 15) is 5.26 Å². The molecule has 0 fully saturated rings. The first kappa shape index (κ1) is 31.9. The largest absolute Gasteiger partial charge is 0.192 e. The Bertz CT molecular complexity index is 3130. The topological polar surface area (TPSA) is 23.8 Å². The molecular formula is C55H33N. The fourth-order valence-corrected chi connectivity index (χ4v) is 9.25. The first-order valence-corrected chi connectivity index (χ1v) is 19.2. The van der Waals surface area contributed by atoms with Gasteiger partial charge < -0.3 is 0 Å². The van der Waals surface area contributed by atoms with Gasteiger partial charge in [-0.15, -0.1) is 0 Å². The fraction of sp³-hybridized carbons (Fsp3) is 0. The summed E-state index contributed by atoms with van der Waals surface area (Å²) in [6, 6.07) is 74.6. The van der Waals surface area contributed by atoms with Crippen LogP contribution in [0.2, 0.25) is 0 Å². The third-order valence-corrected chi connectivity index (χ3v) is 11.7. The molecule has 0 radical (unpaired) electrons. The van der Waals surface area contributed by atoms with Gasteiger partial charge in [-0.1, -0.05) is 188 Å². The Morgan fingerprint density at radius 2 is 0.679 bits per heavy atom. The van der Waals surface area contributed by atoms with Crippen LogP contribution < -0.4 is 0 Å². The molecular weight excluding hydrogens is 675 g/mol. The van der Waals surface area contributed by atoms with E-state index < -0.39 is 0 Å². The van der Waals surface area contributed by atoms with Crippen molar-refractivity contribution in [3.63, 3.8) is 0 Å². The average Bonchev–Trinajstić information content (AvgIpc) is 3.60. The van der Waals surface area contributed by atoms with E-state index in [0.717, 1.165) is 11.1 Å². The summed E-state index contributed by atoms with van der Waals surface area (Å²) in [5.41, 5.74) is 17.9. The lowest BCUT2D eigenvalue weighted by Crippen LogP contribution is -1.93. The van der Waals surface area contributed by atoms with E-state index in [2.05, 4.69) is 188 Å². The molecule has 0 aliphatic heterocycles. The molecule has 0 aromatic heterocycles. The van der Waals surface area contributed by atoms with Crippen molar-refractivity contribution in [3.05, 3.63) is 206 Å². The molecule has 0 amide bonds. The highest BCUT2D eigenvalue weighted by molar-refractivity contribution is 6.28. The maximum absolute atomic E-state index is 9.54. The number of rotatable bonds is 5. The van der Waals surface area contributed by atoms with E-state index in [1.54, 1.807) is 0 Å². The molecule has 0 heterocycles. The minimum atomic E-state index is 0.667. The van der Waals surface area contributed by atoms with Crippen molar-refractivity contribution >= 4 is 32.3 Å². The van der Waals surface area contributed by atoms with Crippen LogP contribution in [0.25, 0.3) is 110 Å². The molecule has 0 spiro atoms. The van der Waals surface area contributed by atoms with Crippen LogP contribution in [-0.2, 0) is 0 Å². The average molecular weight is 708 g/mol. The molecule has 1 nitrogen and oxygen atoms in total. The van der Waals surface area contributed by atoms with Gasteiger partial charge in [0.15, 0.2) is 0 Å². The Morgan fingerprint density at radius 3 is 1.23 bits per heavy atom. The normalized spacial score (nSPS) is 11.6. The summed E-state index contributed by atoms with van der Waals surface area (Å²) in [7, 11) is 0. The smallest absolute Gasteiger partial charge is 0.0991 e. The molecule has 258 valence electrons. The number of benzene rings is 10. The van der Waals surface area contributed by atoms with Crippen LogP contribution in [0, 0.1) is 11.3 Å². The molecule has 1 aliphatic rings. The number of nitriles is 1. The van der Waals surface area contributed by atoms with Crippen molar-refractivity contribution in [1.82, 2.24) is 0 Å². The highest BCUT2D eigenvalue weighted by Gasteiger charge is 2.31. The van der Waals surface area contributed by atoms with Crippen LogP contribution in [0.5, 0.6) is 0 Å². The second kappa shape index (κ2) is 12.8. The van der Waals surface area contributed by atoms with Gasteiger partial charge in [0.05, 0.1) is 11.6 Å². The molecule has 0 atom stereocenters. The van der Waals surface area contributed by atoms with E-state index in [-0.39, 0.29) is 0 Å². The van der Waals surface area contributed by atoms with Crippen LogP contribution in [0.1, 0.15) is 5.56 Å². The van der Waals surface area contributed by atoms with Crippen molar-refractivity contribution in [2.75, 3.05) is 0 Å². The Morgan fingerprint density at radius 1 is 0.268 bits per heavy atom. The summed E-state index contributed by atoms with van der Waals surface area (Å²) in [5, 5.41) is 17.0. The predicted octanol–water partition coefficient (Wildman–Crippen LogP) is 15.0. The number of fused-ring (bicyclic) bond motifs is 5. The van der Waals surface area contributed by atoms with Crippen molar-refractivity contribution in [2.45, 2.75) is 0 Å². The Kier molecular flexibility index (Phi) is 7.31. The number of hydrogen-bond acceptors (Lipinski definition) is 1. The Hall–Kier alpha value is -7.53. The van der Waals surface area contributed by atoms with Crippen LogP contribution in [0.15, 0.2) is 200 Å². The Labute approximate surface area is 326 Å². The third-order valence-electron chi connectivity index (χ3n) is 11.7. The fourth-order valence-electron chi connectivity index (χ4n) is 9.25. The maximum atomic E-state index is 9.54. The Balaban J connectivity index is 1.08. The second-order valence-corrected chi connectivity index (χ2v) is 14.6. The first-order chi connectivity index (χ1) is 27.8. The number of nitrogens with zero attached hydrogens (tertiary/aromatic N) is 1. The SMILES string of the molecule is N#Cc1cccc(-c2ccc(-c3ccc(-c4ccc5c6c(cccc46)-c4c-5c(-c5ccccc5)c5ccccc5c4-c4ccccc4)cc3)c3ccccc23)c1. The summed E-state index contributed by atoms with van der Waals surface area (Å²) in [6.45, 7) is 0. The molecule has 0 N–H and O–H groups in total.